The van der Waals surface area contributed by atoms with Gasteiger partial charge in [-0.2, -0.15) is 0 Å². The van der Waals surface area contributed by atoms with Crippen LogP contribution in [0.15, 0.2) is 17.0 Å². The number of halogens is 2. The van der Waals surface area contributed by atoms with E-state index in [1.165, 1.54) is 25.7 Å². The van der Waals surface area contributed by atoms with Gasteiger partial charge in [0.05, 0.1) is 10.0 Å². The summed E-state index contributed by atoms with van der Waals surface area (Å²) in [5.74, 6) is 0. The van der Waals surface area contributed by atoms with Gasteiger partial charge in [0.2, 0.25) is 0 Å². The molecular formula is C14H18Cl2N2S. The fourth-order valence-corrected chi connectivity index (χ4v) is 5.40. The van der Waals surface area contributed by atoms with E-state index in [-0.39, 0.29) is 0 Å². The number of fused-ring (bicyclic) bond motifs is 2. The Bertz CT molecular complexity index is 457. The molecule has 19 heavy (non-hydrogen) atoms. The van der Waals surface area contributed by atoms with Crippen LogP contribution in [0, 0.1) is 0 Å². The average Bonchev–Trinajstić information content (AvgIpc) is 2.58. The van der Waals surface area contributed by atoms with Gasteiger partial charge in [0.1, 0.15) is 0 Å². The fourth-order valence-electron chi connectivity index (χ4n) is 3.32. The molecule has 2 atom stereocenters. The summed E-state index contributed by atoms with van der Waals surface area (Å²) < 4.78 is 0. The average molecular weight is 317 g/mol. The minimum atomic E-state index is 0.618. The fraction of sp³-hybridized carbons (Fsp3) is 0.571. The maximum Gasteiger partial charge on any atom is 0.0577 e. The van der Waals surface area contributed by atoms with Crippen molar-refractivity contribution in [1.29, 1.82) is 0 Å². The standard InChI is InChI=1S/C14H18Cl2N2S/c1-18-9-2-3-10(18)7-11(6-9)19-14-12(15)4-8(17)5-13(14)16/h4-5,9-11H,2-3,6-7,17H2,1H3. The van der Waals surface area contributed by atoms with Crippen LogP contribution < -0.4 is 5.73 Å². The lowest BCUT2D eigenvalue weighted by molar-refractivity contribution is 0.183. The van der Waals surface area contributed by atoms with Crippen LogP contribution in [0.25, 0.3) is 0 Å². The zero-order valence-electron chi connectivity index (χ0n) is 10.9. The Morgan fingerprint density at radius 3 is 2.21 bits per heavy atom. The SMILES string of the molecule is CN1C2CCC1CC(Sc1c(Cl)cc(N)cc1Cl)C2. The van der Waals surface area contributed by atoms with Gasteiger partial charge in [-0.25, -0.2) is 0 Å². The number of hydrogen-bond donors (Lipinski definition) is 1. The lowest BCUT2D eigenvalue weighted by atomic mass is 10.0. The quantitative estimate of drug-likeness (QED) is 0.825. The van der Waals surface area contributed by atoms with Crippen LogP contribution in [0.3, 0.4) is 0 Å². The number of nitrogens with zero attached hydrogens (tertiary/aromatic N) is 1. The Labute approximate surface area is 128 Å². The molecule has 2 nitrogen and oxygen atoms in total. The third kappa shape index (κ3) is 2.71. The minimum Gasteiger partial charge on any atom is -0.399 e. The highest BCUT2D eigenvalue weighted by Gasteiger charge is 2.38. The number of anilines is 1. The first-order valence-electron chi connectivity index (χ1n) is 6.67. The van der Waals surface area contributed by atoms with E-state index in [1.807, 2.05) is 11.8 Å². The van der Waals surface area contributed by atoms with E-state index < -0.39 is 0 Å². The molecule has 0 aliphatic carbocycles. The van der Waals surface area contributed by atoms with Gasteiger partial charge >= 0.3 is 0 Å². The highest BCUT2D eigenvalue weighted by Crippen LogP contribution is 2.45. The molecular weight excluding hydrogens is 299 g/mol. The highest BCUT2D eigenvalue weighted by atomic mass is 35.5. The molecule has 2 saturated heterocycles. The molecule has 2 N–H and O–H groups in total. The van der Waals surface area contributed by atoms with Gasteiger partial charge in [0.25, 0.3) is 0 Å². The molecule has 2 fully saturated rings. The zero-order chi connectivity index (χ0) is 13.6. The van der Waals surface area contributed by atoms with E-state index >= 15 is 0 Å². The summed E-state index contributed by atoms with van der Waals surface area (Å²) >= 11 is 14.4. The Balaban J connectivity index is 1.76. The molecule has 2 aliphatic rings. The van der Waals surface area contributed by atoms with E-state index in [1.54, 1.807) is 12.1 Å². The molecule has 5 heteroatoms. The Hall–Kier alpha value is -0.0900. The maximum absolute atomic E-state index is 6.28. The van der Waals surface area contributed by atoms with Crippen LogP contribution in [0.4, 0.5) is 5.69 Å². The van der Waals surface area contributed by atoms with E-state index in [4.69, 9.17) is 28.9 Å². The first-order valence-corrected chi connectivity index (χ1v) is 8.31. The van der Waals surface area contributed by atoms with Crippen molar-refractivity contribution in [3.63, 3.8) is 0 Å². The summed E-state index contributed by atoms with van der Waals surface area (Å²) in [6.45, 7) is 0. The molecule has 3 rings (SSSR count). The van der Waals surface area contributed by atoms with Gasteiger partial charge in [-0.3, -0.25) is 0 Å². The Kier molecular flexibility index (Phi) is 3.91. The summed E-state index contributed by atoms with van der Waals surface area (Å²) in [7, 11) is 2.26. The van der Waals surface area contributed by atoms with Crippen molar-refractivity contribution >= 4 is 40.7 Å². The van der Waals surface area contributed by atoms with E-state index in [0.717, 1.165) is 17.0 Å². The smallest absolute Gasteiger partial charge is 0.0577 e. The number of thioether (sulfide) groups is 1. The largest absolute Gasteiger partial charge is 0.399 e. The van der Waals surface area contributed by atoms with Crippen molar-refractivity contribution in [2.45, 2.75) is 47.9 Å². The number of rotatable bonds is 2. The number of piperidine rings is 1. The molecule has 2 unspecified atom stereocenters. The molecule has 2 heterocycles. The predicted octanol–water partition coefficient (Wildman–Crippen LogP) is 4.29. The predicted molar refractivity (Wildman–Crippen MR) is 84.3 cm³/mol. The van der Waals surface area contributed by atoms with Crippen molar-refractivity contribution in [3.05, 3.63) is 22.2 Å². The molecule has 0 amide bonds. The van der Waals surface area contributed by atoms with Gasteiger partial charge in [0, 0.05) is 27.9 Å². The second-order valence-corrected chi connectivity index (χ2v) is 7.70. The van der Waals surface area contributed by atoms with Gasteiger partial charge in [-0.05, 0) is 44.9 Å². The summed E-state index contributed by atoms with van der Waals surface area (Å²) in [5.41, 5.74) is 6.38. The van der Waals surface area contributed by atoms with E-state index in [2.05, 4.69) is 11.9 Å². The number of nitrogen functional groups attached to an aromatic ring is 1. The highest BCUT2D eigenvalue weighted by molar-refractivity contribution is 8.00. The lowest BCUT2D eigenvalue weighted by Crippen LogP contribution is -2.40. The van der Waals surface area contributed by atoms with Crippen LogP contribution in [0.1, 0.15) is 25.7 Å². The van der Waals surface area contributed by atoms with Gasteiger partial charge in [0.15, 0.2) is 0 Å². The molecule has 0 radical (unpaired) electrons. The van der Waals surface area contributed by atoms with Gasteiger partial charge in [-0.15, -0.1) is 11.8 Å². The minimum absolute atomic E-state index is 0.618. The second-order valence-electron chi connectivity index (χ2n) is 5.58. The van der Waals surface area contributed by atoms with Gasteiger partial charge < -0.3 is 10.6 Å². The van der Waals surface area contributed by atoms with Crippen molar-refractivity contribution in [2.24, 2.45) is 0 Å². The molecule has 2 bridgehead atoms. The van der Waals surface area contributed by atoms with Gasteiger partial charge in [-0.1, -0.05) is 23.2 Å². The molecule has 0 aromatic heterocycles. The third-order valence-corrected chi connectivity index (χ3v) is 6.57. The molecule has 2 aliphatic heterocycles. The van der Waals surface area contributed by atoms with Crippen LogP contribution in [-0.4, -0.2) is 29.3 Å². The van der Waals surface area contributed by atoms with Crippen molar-refractivity contribution in [3.8, 4) is 0 Å². The summed E-state index contributed by atoms with van der Waals surface area (Å²) in [4.78, 5) is 3.54. The molecule has 1 aromatic rings. The molecule has 0 saturated carbocycles. The van der Waals surface area contributed by atoms with Crippen molar-refractivity contribution in [2.75, 3.05) is 12.8 Å². The van der Waals surface area contributed by atoms with E-state index in [9.17, 15) is 0 Å². The molecule has 1 aromatic carbocycles. The van der Waals surface area contributed by atoms with Crippen LogP contribution in [0.2, 0.25) is 10.0 Å². The van der Waals surface area contributed by atoms with Crippen LogP contribution in [0.5, 0.6) is 0 Å². The first kappa shape index (κ1) is 13.9. The number of nitrogens with two attached hydrogens (primary N) is 1. The maximum atomic E-state index is 6.28. The topological polar surface area (TPSA) is 29.3 Å². The first-order chi connectivity index (χ1) is 9.04. The van der Waals surface area contributed by atoms with Crippen LogP contribution in [-0.2, 0) is 0 Å². The number of benzene rings is 1. The number of hydrogen-bond acceptors (Lipinski definition) is 3. The second kappa shape index (κ2) is 5.36. The Morgan fingerprint density at radius 2 is 1.68 bits per heavy atom. The normalized spacial score (nSPS) is 30.8. The summed E-state index contributed by atoms with van der Waals surface area (Å²) in [5, 5.41) is 1.98. The monoisotopic (exact) mass is 316 g/mol. The molecule has 0 spiro atoms. The molecule has 104 valence electrons. The zero-order valence-corrected chi connectivity index (χ0v) is 13.2. The van der Waals surface area contributed by atoms with Crippen LogP contribution >= 0.6 is 35.0 Å². The van der Waals surface area contributed by atoms with Crippen molar-refractivity contribution in [1.82, 2.24) is 4.90 Å². The van der Waals surface area contributed by atoms with Crippen molar-refractivity contribution < 1.29 is 0 Å². The Morgan fingerprint density at radius 1 is 1.16 bits per heavy atom. The van der Waals surface area contributed by atoms with E-state index in [0.29, 0.717) is 21.0 Å². The lowest BCUT2D eigenvalue weighted by Gasteiger charge is -2.36. The summed E-state index contributed by atoms with van der Waals surface area (Å²) in [6, 6.07) is 5.06. The third-order valence-electron chi connectivity index (χ3n) is 4.36. The summed E-state index contributed by atoms with van der Waals surface area (Å²) in [6.07, 6.45) is 5.13.